The molecule has 0 aliphatic carbocycles. The van der Waals surface area contributed by atoms with Crippen molar-refractivity contribution in [2.75, 3.05) is 5.43 Å². The summed E-state index contributed by atoms with van der Waals surface area (Å²) in [5.41, 5.74) is 0.856. The Morgan fingerprint density at radius 1 is 1.44 bits per heavy atom. The van der Waals surface area contributed by atoms with Gasteiger partial charge in [0.05, 0.1) is 16.3 Å². The highest BCUT2D eigenvalue weighted by Gasteiger charge is 2.30. The summed E-state index contributed by atoms with van der Waals surface area (Å²) in [7, 11) is 0. The van der Waals surface area contributed by atoms with Crippen LogP contribution in [0.5, 0.6) is 0 Å². The number of alkyl halides is 3. The molecule has 98 valence electrons. The summed E-state index contributed by atoms with van der Waals surface area (Å²) in [5.74, 6) is -1.29. The molecular weight excluding hydrogens is 273 g/mol. The van der Waals surface area contributed by atoms with Crippen molar-refractivity contribution in [3.63, 3.8) is 0 Å². The van der Waals surface area contributed by atoms with Gasteiger partial charge in [0.2, 0.25) is 0 Å². The lowest BCUT2D eigenvalue weighted by molar-refractivity contribution is -0.137. The highest BCUT2D eigenvalue weighted by molar-refractivity contribution is 6.35. The molecule has 0 saturated heterocycles. The van der Waals surface area contributed by atoms with Gasteiger partial charge in [-0.05, 0) is 25.1 Å². The van der Waals surface area contributed by atoms with E-state index in [1.165, 1.54) is 6.92 Å². The van der Waals surface area contributed by atoms with Crippen LogP contribution in [-0.2, 0) is 11.0 Å². The summed E-state index contributed by atoms with van der Waals surface area (Å²) in [5, 5.41) is 11.9. The predicted molar refractivity (Wildman–Crippen MR) is 60.8 cm³/mol. The van der Waals surface area contributed by atoms with E-state index in [0.29, 0.717) is 0 Å². The summed E-state index contributed by atoms with van der Waals surface area (Å²) >= 11 is 5.66. The van der Waals surface area contributed by atoms with Crippen LogP contribution in [0.2, 0.25) is 5.02 Å². The van der Waals surface area contributed by atoms with Gasteiger partial charge in [-0.2, -0.15) is 18.3 Å². The van der Waals surface area contributed by atoms with E-state index in [1.807, 2.05) is 0 Å². The van der Waals surface area contributed by atoms with Gasteiger partial charge in [-0.3, -0.25) is 5.43 Å². The van der Waals surface area contributed by atoms with Crippen molar-refractivity contribution in [2.45, 2.75) is 13.1 Å². The van der Waals surface area contributed by atoms with E-state index in [0.717, 1.165) is 18.2 Å². The quantitative estimate of drug-likeness (QED) is 0.660. The minimum Gasteiger partial charge on any atom is -0.477 e. The molecule has 2 N–H and O–H groups in total. The molecule has 0 aromatic heterocycles. The summed E-state index contributed by atoms with van der Waals surface area (Å²) in [6.07, 6.45) is -4.51. The van der Waals surface area contributed by atoms with Crippen LogP contribution in [0.3, 0.4) is 0 Å². The predicted octanol–water partition coefficient (Wildman–Crippen LogP) is 3.23. The highest BCUT2D eigenvalue weighted by atomic mass is 35.5. The van der Waals surface area contributed by atoms with Crippen molar-refractivity contribution >= 4 is 29.0 Å². The molecule has 0 saturated carbocycles. The highest BCUT2D eigenvalue weighted by Crippen LogP contribution is 2.33. The lowest BCUT2D eigenvalue weighted by atomic mass is 10.2. The summed E-state index contributed by atoms with van der Waals surface area (Å²) in [6, 6.07) is 2.63. The standard InChI is InChI=1S/C10H8ClF3N2O2/c1-5(9(17)18)15-16-8-4-6(10(12,13)14)2-3-7(8)11/h2-4,16H,1H3,(H,17,18)/b15-5+. The zero-order valence-electron chi connectivity index (χ0n) is 9.05. The lowest BCUT2D eigenvalue weighted by Gasteiger charge is -2.10. The monoisotopic (exact) mass is 280 g/mol. The first-order valence-electron chi connectivity index (χ1n) is 4.62. The number of benzene rings is 1. The van der Waals surface area contributed by atoms with Gasteiger partial charge in [-0.25, -0.2) is 4.79 Å². The van der Waals surface area contributed by atoms with Crippen molar-refractivity contribution in [1.29, 1.82) is 0 Å². The minimum atomic E-state index is -4.51. The number of hydrogen-bond donors (Lipinski definition) is 2. The average Bonchev–Trinajstić information content (AvgIpc) is 2.25. The number of carboxylic acids is 1. The second-order valence-electron chi connectivity index (χ2n) is 3.31. The molecule has 0 amide bonds. The van der Waals surface area contributed by atoms with Crippen LogP contribution in [0.15, 0.2) is 23.3 Å². The van der Waals surface area contributed by atoms with Crippen molar-refractivity contribution in [3.05, 3.63) is 28.8 Å². The van der Waals surface area contributed by atoms with Crippen LogP contribution in [0, 0.1) is 0 Å². The number of anilines is 1. The van der Waals surface area contributed by atoms with Crippen LogP contribution < -0.4 is 5.43 Å². The molecule has 0 heterocycles. The average molecular weight is 281 g/mol. The number of nitrogens with zero attached hydrogens (tertiary/aromatic N) is 1. The molecular formula is C10H8ClF3N2O2. The van der Waals surface area contributed by atoms with Gasteiger partial charge in [-0.15, -0.1) is 0 Å². The van der Waals surface area contributed by atoms with Crippen LogP contribution in [-0.4, -0.2) is 16.8 Å². The van der Waals surface area contributed by atoms with Gasteiger partial charge >= 0.3 is 12.1 Å². The maximum atomic E-state index is 12.4. The van der Waals surface area contributed by atoms with Crippen molar-refractivity contribution in [1.82, 2.24) is 0 Å². The molecule has 0 radical (unpaired) electrons. The first kappa shape index (κ1) is 14.3. The Balaban J connectivity index is 3.03. The Bertz CT molecular complexity index is 500. The molecule has 8 heteroatoms. The normalized spacial score (nSPS) is 12.4. The number of nitrogens with one attached hydrogen (secondary N) is 1. The van der Waals surface area contributed by atoms with E-state index in [1.54, 1.807) is 0 Å². The molecule has 0 bridgehead atoms. The topological polar surface area (TPSA) is 61.7 Å². The SMILES string of the molecule is C/C(=N\Nc1cc(C(F)(F)F)ccc1Cl)C(=O)O. The molecule has 0 fully saturated rings. The second-order valence-corrected chi connectivity index (χ2v) is 3.71. The fraction of sp³-hybridized carbons (Fsp3) is 0.200. The van der Waals surface area contributed by atoms with E-state index in [4.69, 9.17) is 16.7 Å². The number of carboxylic acid groups (broad SMARTS) is 1. The van der Waals surface area contributed by atoms with Gasteiger partial charge in [-0.1, -0.05) is 11.6 Å². The van der Waals surface area contributed by atoms with Crippen molar-refractivity contribution in [2.24, 2.45) is 5.10 Å². The number of hydrazone groups is 1. The zero-order chi connectivity index (χ0) is 13.9. The smallest absolute Gasteiger partial charge is 0.416 e. The fourth-order valence-corrected chi connectivity index (χ4v) is 1.14. The van der Waals surface area contributed by atoms with E-state index in [2.05, 4.69) is 10.5 Å². The third kappa shape index (κ3) is 3.63. The van der Waals surface area contributed by atoms with E-state index in [9.17, 15) is 18.0 Å². The first-order valence-corrected chi connectivity index (χ1v) is 5.00. The Morgan fingerprint density at radius 3 is 2.56 bits per heavy atom. The summed E-state index contributed by atoms with van der Waals surface area (Å²) < 4.78 is 37.3. The number of rotatable bonds is 3. The van der Waals surface area contributed by atoms with E-state index < -0.39 is 17.7 Å². The molecule has 0 spiro atoms. The van der Waals surface area contributed by atoms with E-state index >= 15 is 0 Å². The maximum absolute atomic E-state index is 12.4. The van der Waals surface area contributed by atoms with Crippen molar-refractivity contribution < 1.29 is 23.1 Å². The van der Waals surface area contributed by atoms with Gasteiger partial charge in [0.1, 0.15) is 5.71 Å². The lowest BCUT2D eigenvalue weighted by Crippen LogP contribution is -2.11. The molecule has 1 aromatic carbocycles. The van der Waals surface area contributed by atoms with Crippen LogP contribution in [0.4, 0.5) is 18.9 Å². The van der Waals surface area contributed by atoms with E-state index in [-0.39, 0.29) is 16.4 Å². The Morgan fingerprint density at radius 2 is 2.06 bits per heavy atom. The Labute approximate surface area is 105 Å². The molecule has 1 rings (SSSR count). The third-order valence-corrected chi connectivity index (χ3v) is 2.28. The second kappa shape index (κ2) is 5.26. The minimum absolute atomic E-state index is 0.00457. The summed E-state index contributed by atoms with van der Waals surface area (Å²) in [4.78, 5) is 10.4. The number of hydrogen-bond acceptors (Lipinski definition) is 3. The van der Waals surface area contributed by atoms with Gasteiger partial charge in [0, 0.05) is 0 Å². The molecule has 0 aliphatic heterocycles. The van der Waals surface area contributed by atoms with Gasteiger partial charge in [0.15, 0.2) is 0 Å². The first-order chi connectivity index (χ1) is 8.21. The van der Waals surface area contributed by atoms with Gasteiger partial charge in [0.25, 0.3) is 0 Å². The van der Waals surface area contributed by atoms with Crippen LogP contribution >= 0.6 is 11.6 Å². The molecule has 0 unspecified atom stereocenters. The van der Waals surface area contributed by atoms with Crippen LogP contribution in [0.1, 0.15) is 12.5 Å². The molecule has 1 aromatic rings. The number of carbonyl (C=O) groups is 1. The third-order valence-electron chi connectivity index (χ3n) is 1.95. The maximum Gasteiger partial charge on any atom is 0.416 e. The fourth-order valence-electron chi connectivity index (χ4n) is 0.979. The number of aliphatic carboxylic acids is 1. The van der Waals surface area contributed by atoms with Crippen molar-refractivity contribution in [3.8, 4) is 0 Å². The molecule has 0 aliphatic rings. The van der Waals surface area contributed by atoms with Gasteiger partial charge < -0.3 is 5.11 Å². The number of halogens is 4. The van der Waals surface area contributed by atoms with Crippen LogP contribution in [0.25, 0.3) is 0 Å². The molecule has 18 heavy (non-hydrogen) atoms. The molecule has 0 atom stereocenters. The zero-order valence-corrected chi connectivity index (χ0v) is 9.80. The summed E-state index contributed by atoms with van der Waals surface area (Å²) in [6.45, 7) is 1.19. The largest absolute Gasteiger partial charge is 0.477 e. The Kier molecular flexibility index (Phi) is 4.18. The Hall–Kier alpha value is -1.76. The molecule has 4 nitrogen and oxygen atoms in total.